The fraction of sp³-hybridized carbons (Fsp3) is 0.857. The summed E-state index contributed by atoms with van der Waals surface area (Å²) in [6.07, 6.45) is 1.51. The first-order chi connectivity index (χ1) is 6.57. The van der Waals surface area contributed by atoms with Gasteiger partial charge in [0.2, 0.25) is 0 Å². The van der Waals surface area contributed by atoms with Crippen LogP contribution in [0.25, 0.3) is 0 Å². The third-order valence-electron chi connectivity index (χ3n) is 1.65. The Hall–Kier alpha value is -0.270. The molecule has 14 heavy (non-hydrogen) atoms. The van der Waals surface area contributed by atoms with Gasteiger partial charge >= 0.3 is 0 Å². The Morgan fingerprint density at radius 1 is 1.50 bits per heavy atom. The molecule has 1 fully saturated rings. The average Bonchev–Trinajstić information content (AvgIpc) is 2.51. The summed E-state index contributed by atoms with van der Waals surface area (Å²) in [5.41, 5.74) is 5.69. The highest BCUT2D eigenvalue weighted by atomic mass is 32.2. The Labute approximate surface area is 88.8 Å². The fourth-order valence-electron chi connectivity index (χ4n) is 0.996. The van der Waals surface area contributed by atoms with E-state index >= 15 is 0 Å². The summed E-state index contributed by atoms with van der Waals surface area (Å²) in [6.45, 7) is 3.84. The Bertz CT molecular complexity index is 313. The molecule has 5 nitrogen and oxygen atoms in total. The summed E-state index contributed by atoms with van der Waals surface area (Å²) >= 11 is 1.41. The van der Waals surface area contributed by atoms with E-state index in [1.54, 1.807) is 0 Å². The van der Waals surface area contributed by atoms with Gasteiger partial charge in [-0.2, -0.15) is 0 Å². The van der Waals surface area contributed by atoms with Crippen molar-refractivity contribution in [1.29, 1.82) is 0 Å². The number of thioether (sulfide) groups is 1. The predicted molar refractivity (Wildman–Crippen MR) is 59.5 cm³/mol. The van der Waals surface area contributed by atoms with E-state index in [4.69, 9.17) is 0 Å². The van der Waals surface area contributed by atoms with Crippen molar-refractivity contribution in [2.24, 2.45) is 4.40 Å². The molecule has 0 saturated carbocycles. The van der Waals surface area contributed by atoms with Gasteiger partial charge < -0.3 is 0 Å². The van der Waals surface area contributed by atoms with Crippen LogP contribution in [0.4, 0.5) is 0 Å². The highest BCUT2D eigenvalue weighted by molar-refractivity contribution is 8.15. The van der Waals surface area contributed by atoms with Crippen LogP contribution in [0.3, 0.4) is 0 Å². The first kappa shape index (κ1) is 11.8. The number of sulfonamides is 1. The minimum Gasteiger partial charge on any atom is -0.299 e. The quantitative estimate of drug-likeness (QED) is 0.751. The normalized spacial score (nSPS) is 25.3. The average molecular weight is 237 g/mol. The lowest BCUT2D eigenvalue weighted by atomic mass is 10.5. The predicted octanol–water partition coefficient (Wildman–Crippen LogP) is 0.659. The summed E-state index contributed by atoms with van der Waals surface area (Å²) < 4.78 is 26.3. The van der Waals surface area contributed by atoms with Crippen LogP contribution in [0.15, 0.2) is 4.40 Å². The van der Waals surface area contributed by atoms with Crippen LogP contribution < -0.4 is 10.9 Å². The van der Waals surface area contributed by atoms with Crippen molar-refractivity contribution in [3.63, 3.8) is 0 Å². The second kappa shape index (κ2) is 4.99. The lowest BCUT2D eigenvalue weighted by Gasteiger charge is -1.99. The van der Waals surface area contributed by atoms with Gasteiger partial charge in [-0.1, -0.05) is 25.6 Å². The largest absolute Gasteiger partial charge is 0.299 e. The molecule has 82 valence electrons. The molecular formula is C7H15N3O2S2. The topological polar surface area (TPSA) is 70.6 Å². The molecule has 0 amide bonds. The van der Waals surface area contributed by atoms with Crippen molar-refractivity contribution in [1.82, 2.24) is 10.9 Å². The number of rotatable bonds is 4. The fourth-order valence-corrected chi connectivity index (χ4v) is 3.09. The SMILES string of the molecule is CCCS(=O)(=O)N=C1NNC(CC)S1. The van der Waals surface area contributed by atoms with Crippen molar-refractivity contribution in [2.45, 2.75) is 32.1 Å². The lowest BCUT2D eigenvalue weighted by molar-refractivity contribution is 0.595. The Morgan fingerprint density at radius 3 is 2.71 bits per heavy atom. The number of nitrogens with one attached hydrogen (secondary N) is 2. The molecule has 2 N–H and O–H groups in total. The van der Waals surface area contributed by atoms with E-state index < -0.39 is 10.0 Å². The first-order valence-corrected chi connectivity index (χ1v) is 7.07. The van der Waals surface area contributed by atoms with Crippen LogP contribution in [0, 0.1) is 0 Å². The molecule has 1 saturated heterocycles. The number of amidine groups is 1. The maximum atomic E-state index is 11.3. The molecule has 1 rings (SSSR count). The van der Waals surface area contributed by atoms with E-state index in [0.717, 1.165) is 6.42 Å². The van der Waals surface area contributed by atoms with Crippen molar-refractivity contribution in [3.8, 4) is 0 Å². The van der Waals surface area contributed by atoms with Crippen molar-refractivity contribution < 1.29 is 8.42 Å². The van der Waals surface area contributed by atoms with Gasteiger partial charge in [-0.15, -0.1) is 4.40 Å². The summed E-state index contributed by atoms with van der Waals surface area (Å²) in [4.78, 5) is 0. The molecule has 0 aliphatic carbocycles. The van der Waals surface area contributed by atoms with Gasteiger partial charge in [0.25, 0.3) is 10.0 Å². The zero-order valence-electron chi connectivity index (χ0n) is 8.28. The Kier molecular flexibility index (Phi) is 4.21. The van der Waals surface area contributed by atoms with E-state index in [0.29, 0.717) is 11.6 Å². The minimum absolute atomic E-state index is 0.107. The molecule has 0 aromatic heterocycles. The molecule has 1 atom stereocenters. The standard InChI is InChI=1S/C7H15N3O2S2/c1-3-5-14(11,12)10-7-9-8-6(4-2)13-7/h6,8H,3-5H2,1-2H3,(H,9,10). The number of hydrazine groups is 1. The van der Waals surface area contributed by atoms with Crippen LogP contribution in [0.1, 0.15) is 26.7 Å². The molecule has 1 aliphatic rings. The van der Waals surface area contributed by atoms with Crippen LogP contribution in [-0.4, -0.2) is 24.7 Å². The zero-order valence-corrected chi connectivity index (χ0v) is 9.91. The van der Waals surface area contributed by atoms with E-state index in [1.165, 1.54) is 11.8 Å². The van der Waals surface area contributed by atoms with Crippen LogP contribution in [0.2, 0.25) is 0 Å². The smallest absolute Gasteiger partial charge is 0.255 e. The van der Waals surface area contributed by atoms with E-state index in [1.807, 2.05) is 13.8 Å². The van der Waals surface area contributed by atoms with Gasteiger partial charge in [-0.05, 0) is 12.8 Å². The lowest BCUT2D eigenvalue weighted by Crippen LogP contribution is -2.31. The van der Waals surface area contributed by atoms with E-state index in [-0.39, 0.29) is 11.1 Å². The Balaban J connectivity index is 2.62. The molecule has 0 bridgehead atoms. The minimum atomic E-state index is -3.28. The molecule has 0 spiro atoms. The maximum absolute atomic E-state index is 11.3. The zero-order chi connectivity index (χ0) is 10.6. The van der Waals surface area contributed by atoms with Gasteiger partial charge in [0.15, 0.2) is 5.17 Å². The Morgan fingerprint density at radius 2 is 2.21 bits per heavy atom. The van der Waals surface area contributed by atoms with Gasteiger partial charge in [0.1, 0.15) is 0 Å². The molecule has 7 heteroatoms. The molecule has 1 unspecified atom stereocenters. The van der Waals surface area contributed by atoms with Gasteiger partial charge in [0.05, 0.1) is 11.1 Å². The molecule has 1 aliphatic heterocycles. The molecule has 1 heterocycles. The van der Waals surface area contributed by atoms with Crippen LogP contribution in [-0.2, 0) is 10.0 Å². The molecule has 0 radical (unpaired) electrons. The summed E-state index contributed by atoms with van der Waals surface area (Å²) in [5, 5.41) is 0.663. The second-order valence-electron chi connectivity index (χ2n) is 2.97. The monoisotopic (exact) mass is 237 g/mol. The highest BCUT2D eigenvalue weighted by Crippen LogP contribution is 2.17. The second-order valence-corrected chi connectivity index (χ2v) is 5.91. The third-order valence-corrected chi connectivity index (χ3v) is 4.30. The van der Waals surface area contributed by atoms with Crippen molar-refractivity contribution >= 4 is 27.0 Å². The summed E-state index contributed by atoms with van der Waals surface area (Å²) in [6, 6.07) is 0. The van der Waals surface area contributed by atoms with Crippen molar-refractivity contribution in [2.75, 3.05) is 5.75 Å². The van der Waals surface area contributed by atoms with Crippen molar-refractivity contribution in [3.05, 3.63) is 0 Å². The van der Waals surface area contributed by atoms with Gasteiger partial charge in [0, 0.05) is 0 Å². The van der Waals surface area contributed by atoms with E-state index in [2.05, 4.69) is 15.2 Å². The highest BCUT2D eigenvalue weighted by Gasteiger charge is 2.20. The molecular weight excluding hydrogens is 222 g/mol. The molecule has 0 aromatic rings. The number of hydrogen-bond donors (Lipinski definition) is 2. The van der Waals surface area contributed by atoms with E-state index in [9.17, 15) is 8.42 Å². The maximum Gasteiger partial charge on any atom is 0.255 e. The summed E-state index contributed by atoms with van der Waals surface area (Å²) in [7, 11) is -3.28. The van der Waals surface area contributed by atoms with Crippen LogP contribution in [0.5, 0.6) is 0 Å². The number of hydrogen-bond acceptors (Lipinski definition) is 4. The van der Waals surface area contributed by atoms with Gasteiger partial charge in [-0.25, -0.2) is 13.8 Å². The summed E-state index contributed by atoms with van der Waals surface area (Å²) in [5.74, 6) is 0.107. The first-order valence-electron chi connectivity index (χ1n) is 4.58. The number of nitrogens with zero attached hydrogens (tertiary/aromatic N) is 1. The van der Waals surface area contributed by atoms with Gasteiger partial charge in [-0.3, -0.25) is 5.43 Å². The third kappa shape index (κ3) is 3.47. The van der Waals surface area contributed by atoms with Crippen LogP contribution >= 0.6 is 11.8 Å². The molecule has 0 aromatic carbocycles.